The Hall–Kier alpha value is -3.39. The van der Waals surface area contributed by atoms with Crippen LogP contribution in [-0.2, 0) is 0 Å². The number of anilines is 4. The molecule has 0 fully saturated rings. The fraction of sp³-hybridized carbons (Fsp3) is 0.0556. The maximum absolute atomic E-state index is 14.1. The monoisotopic (exact) mass is 384 g/mol. The quantitative estimate of drug-likeness (QED) is 0.464. The van der Waals surface area contributed by atoms with Gasteiger partial charge in [-0.25, -0.2) is 9.37 Å². The number of ether oxygens (including phenoxy) is 1. The number of nitrogens with one attached hydrogen (secondary N) is 3. The fourth-order valence-corrected chi connectivity index (χ4v) is 2.80. The molecular weight excluding hydrogens is 371 g/mol. The lowest BCUT2D eigenvalue weighted by Crippen LogP contribution is -2.03. The van der Waals surface area contributed by atoms with Gasteiger partial charge in [0.15, 0.2) is 11.6 Å². The number of benzene rings is 2. The first-order valence-electron chi connectivity index (χ1n) is 7.95. The number of fused-ring (bicyclic) bond motifs is 1. The van der Waals surface area contributed by atoms with Crippen molar-refractivity contribution in [3.05, 3.63) is 59.6 Å². The molecule has 0 bridgehead atoms. The van der Waals surface area contributed by atoms with E-state index in [2.05, 4.69) is 30.8 Å². The molecule has 2 heterocycles. The van der Waals surface area contributed by atoms with Gasteiger partial charge in [-0.1, -0.05) is 11.6 Å². The van der Waals surface area contributed by atoms with Gasteiger partial charge in [-0.3, -0.25) is 5.10 Å². The second-order valence-corrected chi connectivity index (χ2v) is 6.07. The normalized spacial score (nSPS) is 10.8. The first-order valence-corrected chi connectivity index (χ1v) is 8.33. The van der Waals surface area contributed by atoms with Gasteiger partial charge in [0.1, 0.15) is 5.75 Å². The number of aromatic amines is 1. The Morgan fingerprint density at radius 3 is 2.70 bits per heavy atom. The number of halogens is 2. The first-order chi connectivity index (χ1) is 13.1. The predicted octanol–water partition coefficient (Wildman–Crippen LogP) is 4.64. The molecule has 9 heteroatoms. The van der Waals surface area contributed by atoms with Crippen LogP contribution in [0.5, 0.6) is 5.75 Å². The van der Waals surface area contributed by atoms with Crippen LogP contribution in [0.15, 0.2) is 48.8 Å². The SMILES string of the molecule is COc1ccc(Nc2nc(Nc3ccc4cn[nH]c4c3)ncc2F)cc1Cl. The van der Waals surface area contributed by atoms with Gasteiger partial charge >= 0.3 is 0 Å². The van der Waals surface area contributed by atoms with E-state index in [4.69, 9.17) is 16.3 Å². The lowest BCUT2D eigenvalue weighted by molar-refractivity contribution is 0.415. The molecule has 0 atom stereocenters. The third kappa shape index (κ3) is 3.61. The van der Waals surface area contributed by atoms with Crippen molar-refractivity contribution in [2.24, 2.45) is 0 Å². The number of aromatic nitrogens is 4. The van der Waals surface area contributed by atoms with Crippen LogP contribution < -0.4 is 15.4 Å². The van der Waals surface area contributed by atoms with Crippen LogP contribution in [0.2, 0.25) is 5.02 Å². The highest BCUT2D eigenvalue weighted by Gasteiger charge is 2.10. The Bertz CT molecular complexity index is 1120. The maximum Gasteiger partial charge on any atom is 0.229 e. The molecule has 4 aromatic rings. The summed E-state index contributed by atoms with van der Waals surface area (Å²) in [5.74, 6) is 0.215. The van der Waals surface area contributed by atoms with E-state index in [-0.39, 0.29) is 11.8 Å². The molecule has 2 aromatic carbocycles. The lowest BCUT2D eigenvalue weighted by Gasteiger charge is -2.11. The highest BCUT2D eigenvalue weighted by atomic mass is 35.5. The highest BCUT2D eigenvalue weighted by molar-refractivity contribution is 6.32. The molecule has 27 heavy (non-hydrogen) atoms. The zero-order chi connectivity index (χ0) is 18.8. The largest absolute Gasteiger partial charge is 0.495 e. The summed E-state index contributed by atoms with van der Waals surface area (Å²) in [5, 5.41) is 14.2. The van der Waals surface area contributed by atoms with Gasteiger partial charge in [0, 0.05) is 16.8 Å². The van der Waals surface area contributed by atoms with Crippen LogP contribution in [0.4, 0.5) is 27.5 Å². The van der Waals surface area contributed by atoms with E-state index in [0.717, 1.165) is 22.8 Å². The Kier molecular flexibility index (Phi) is 4.47. The predicted molar refractivity (Wildman–Crippen MR) is 103 cm³/mol. The van der Waals surface area contributed by atoms with Gasteiger partial charge in [0.25, 0.3) is 0 Å². The van der Waals surface area contributed by atoms with E-state index < -0.39 is 5.82 Å². The van der Waals surface area contributed by atoms with E-state index >= 15 is 0 Å². The Balaban J connectivity index is 1.58. The van der Waals surface area contributed by atoms with Crippen molar-refractivity contribution >= 4 is 45.6 Å². The summed E-state index contributed by atoms with van der Waals surface area (Å²) in [4.78, 5) is 8.17. The molecule has 2 aromatic heterocycles. The molecule has 0 aliphatic rings. The van der Waals surface area contributed by atoms with E-state index in [9.17, 15) is 4.39 Å². The summed E-state index contributed by atoms with van der Waals surface area (Å²) in [6.45, 7) is 0. The summed E-state index contributed by atoms with van der Waals surface area (Å²) in [6.07, 6.45) is 2.83. The molecule has 136 valence electrons. The third-order valence-corrected chi connectivity index (χ3v) is 4.15. The topological polar surface area (TPSA) is 87.8 Å². The average molecular weight is 385 g/mol. The molecule has 0 amide bonds. The summed E-state index contributed by atoms with van der Waals surface area (Å²) >= 11 is 6.10. The van der Waals surface area contributed by atoms with Gasteiger partial charge < -0.3 is 15.4 Å². The van der Waals surface area contributed by atoms with E-state index in [1.807, 2.05) is 18.2 Å². The summed E-state index contributed by atoms with van der Waals surface area (Å²) in [6, 6.07) is 10.7. The summed E-state index contributed by atoms with van der Waals surface area (Å²) < 4.78 is 19.2. The molecule has 7 nitrogen and oxygen atoms in total. The van der Waals surface area contributed by atoms with Gasteiger partial charge in [-0.2, -0.15) is 10.1 Å². The van der Waals surface area contributed by atoms with E-state index in [1.165, 1.54) is 7.11 Å². The number of rotatable bonds is 5. The minimum absolute atomic E-state index is 0.0244. The Labute approximate surface area is 158 Å². The van der Waals surface area contributed by atoms with Gasteiger partial charge in [0.2, 0.25) is 5.95 Å². The van der Waals surface area contributed by atoms with Crippen molar-refractivity contribution in [3.8, 4) is 5.75 Å². The Morgan fingerprint density at radius 2 is 1.89 bits per heavy atom. The fourth-order valence-electron chi connectivity index (χ4n) is 2.54. The second kappa shape index (κ2) is 7.08. The molecule has 4 rings (SSSR count). The van der Waals surface area contributed by atoms with Crippen molar-refractivity contribution in [2.45, 2.75) is 0 Å². The number of methoxy groups -OCH3 is 1. The van der Waals surface area contributed by atoms with Crippen molar-refractivity contribution in [2.75, 3.05) is 17.7 Å². The van der Waals surface area contributed by atoms with E-state index in [0.29, 0.717) is 16.5 Å². The number of nitrogens with zero attached hydrogens (tertiary/aromatic N) is 3. The van der Waals surface area contributed by atoms with Crippen molar-refractivity contribution < 1.29 is 9.13 Å². The smallest absolute Gasteiger partial charge is 0.229 e. The molecular formula is C18H14ClFN6O. The van der Waals surface area contributed by atoms with Crippen LogP contribution in [-0.4, -0.2) is 27.3 Å². The molecule has 0 spiro atoms. The van der Waals surface area contributed by atoms with Crippen LogP contribution in [0, 0.1) is 5.82 Å². The average Bonchev–Trinajstić information content (AvgIpc) is 3.12. The van der Waals surface area contributed by atoms with Gasteiger partial charge in [-0.05, 0) is 36.4 Å². The number of H-pyrrole nitrogens is 1. The van der Waals surface area contributed by atoms with Crippen LogP contribution in [0.25, 0.3) is 10.9 Å². The lowest BCUT2D eigenvalue weighted by atomic mass is 10.2. The van der Waals surface area contributed by atoms with Gasteiger partial charge in [-0.15, -0.1) is 0 Å². The molecule has 0 unspecified atom stereocenters. The second-order valence-electron chi connectivity index (χ2n) is 5.66. The summed E-state index contributed by atoms with van der Waals surface area (Å²) in [5.41, 5.74) is 2.19. The molecule has 0 saturated carbocycles. The standard InChI is InChI=1S/C18H14ClFN6O/c1-27-16-5-4-11(6-13(16)19)23-17-14(20)9-21-18(25-17)24-12-3-2-10-8-22-26-15(10)7-12/h2-9H,1H3,(H,22,26)(H2,21,23,24,25). The van der Waals surface area contributed by atoms with Crippen molar-refractivity contribution in [1.82, 2.24) is 20.2 Å². The van der Waals surface area contributed by atoms with Crippen LogP contribution in [0.3, 0.4) is 0 Å². The molecule has 3 N–H and O–H groups in total. The molecule has 0 saturated heterocycles. The minimum Gasteiger partial charge on any atom is -0.495 e. The maximum atomic E-state index is 14.1. The number of hydrogen-bond donors (Lipinski definition) is 3. The first kappa shape index (κ1) is 17.0. The van der Waals surface area contributed by atoms with E-state index in [1.54, 1.807) is 24.4 Å². The third-order valence-electron chi connectivity index (χ3n) is 3.86. The zero-order valence-corrected chi connectivity index (χ0v) is 14.9. The summed E-state index contributed by atoms with van der Waals surface area (Å²) in [7, 11) is 1.52. The molecule has 0 aliphatic carbocycles. The minimum atomic E-state index is -0.587. The van der Waals surface area contributed by atoms with Crippen molar-refractivity contribution in [1.29, 1.82) is 0 Å². The Morgan fingerprint density at radius 1 is 1.07 bits per heavy atom. The number of hydrogen-bond acceptors (Lipinski definition) is 6. The highest BCUT2D eigenvalue weighted by Crippen LogP contribution is 2.29. The van der Waals surface area contributed by atoms with Crippen LogP contribution >= 0.6 is 11.6 Å². The van der Waals surface area contributed by atoms with Crippen LogP contribution in [0.1, 0.15) is 0 Å². The van der Waals surface area contributed by atoms with Gasteiger partial charge in [0.05, 0.1) is 30.0 Å². The van der Waals surface area contributed by atoms with Crippen molar-refractivity contribution in [3.63, 3.8) is 0 Å². The molecule has 0 aliphatic heterocycles. The zero-order valence-electron chi connectivity index (χ0n) is 14.1. The molecule has 0 radical (unpaired) electrons.